The van der Waals surface area contributed by atoms with Gasteiger partial charge in [-0.1, -0.05) is 0 Å². The molecule has 0 aliphatic carbocycles. The molecule has 0 aromatic carbocycles. The van der Waals surface area contributed by atoms with Gasteiger partial charge < -0.3 is 10.6 Å². The molecule has 1 aliphatic rings. The molecule has 2 heterocycles. The average Bonchev–Trinajstić information content (AvgIpc) is 2.64. The van der Waals surface area contributed by atoms with E-state index in [1.165, 1.54) is 10.6 Å². The maximum Gasteiger partial charge on any atom is 0.329 e. The maximum absolute atomic E-state index is 11.6. The van der Waals surface area contributed by atoms with E-state index < -0.39 is 0 Å². The van der Waals surface area contributed by atoms with E-state index in [-0.39, 0.29) is 17.3 Å². The van der Waals surface area contributed by atoms with Gasteiger partial charge in [0, 0.05) is 31.7 Å². The number of aromatic amines is 1. The Hall–Kier alpha value is -1.56. The van der Waals surface area contributed by atoms with E-state index in [9.17, 15) is 9.59 Å². The van der Waals surface area contributed by atoms with Crippen molar-refractivity contribution in [2.24, 2.45) is 5.73 Å². The molecule has 16 heavy (non-hydrogen) atoms. The topological polar surface area (TPSA) is 84.1 Å². The summed E-state index contributed by atoms with van der Waals surface area (Å²) in [7, 11) is 0. The van der Waals surface area contributed by atoms with Crippen LogP contribution in [-0.4, -0.2) is 28.7 Å². The van der Waals surface area contributed by atoms with Crippen LogP contribution < -0.4 is 21.9 Å². The molecule has 1 fully saturated rings. The van der Waals surface area contributed by atoms with Crippen LogP contribution in [0.2, 0.25) is 0 Å². The minimum atomic E-state index is -0.356. The molecule has 1 aliphatic heterocycles. The summed E-state index contributed by atoms with van der Waals surface area (Å²) in [5, 5.41) is 0. The number of aromatic nitrogens is 2. The second kappa shape index (κ2) is 4.13. The van der Waals surface area contributed by atoms with Gasteiger partial charge in [0.25, 0.3) is 5.56 Å². The summed E-state index contributed by atoms with van der Waals surface area (Å²) >= 11 is 0. The van der Waals surface area contributed by atoms with Crippen molar-refractivity contribution in [3.05, 3.63) is 26.9 Å². The summed E-state index contributed by atoms with van der Waals surface area (Å²) < 4.78 is 1.17. The Morgan fingerprint density at radius 1 is 1.56 bits per heavy atom. The van der Waals surface area contributed by atoms with E-state index in [0.29, 0.717) is 18.9 Å². The molecule has 0 amide bonds. The highest BCUT2D eigenvalue weighted by atomic mass is 16.2. The van der Waals surface area contributed by atoms with Gasteiger partial charge in [-0.15, -0.1) is 0 Å². The van der Waals surface area contributed by atoms with Crippen molar-refractivity contribution in [3.8, 4) is 0 Å². The Kier molecular flexibility index (Phi) is 2.82. The van der Waals surface area contributed by atoms with E-state index in [0.717, 1.165) is 13.0 Å². The lowest BCUT2D eigenvalue weighted by atomic mass is 10.3. The predicted octanol–water partition coefficient (Wildman–Crippen LogP) is -0.906. The maximum atomic E-state index is 11.6. The summed E-state index contributed by atoms with van der Waals surface area (Å²) in [5.41, 5.74) is 5.16. The first-order valence-electron chi connectivity index (χ1n) is 5.46. The molecule has 0 saturated carbocycles. The normalized spacial score (nSPS) is 20.4. The van der Waals surface area contributed by atoms with Gasteiger partial charge in [-0.2, -0.15) is 0 Å². The Morgan fingerprint density at radius 2 is 2.31 bits per heavy atom. The van der Waals surface area contributed by atoms with Crippen molar-refractivity contribution >= 4 is 5.82 Å². The van der Waals surface area contributed by atoms with E-state index in [4.69, 9.17) is 5.73 Å². The van der Waals surface area contributed by atoms with Gasteiger partial charge in [0.15, 0.2) is 0 Å². The molecule has 0 spiro atoms. The molecule has 6 heteroatoms. The van der Waals surface area contributed by atoms with Crippen LogP contribution in [0.5, 0.6) is 0 Å². The smallest absolute Gasteiger partial charge is 0.329 e. The molecule has 0 bridgehead atoms. The number of rotatable bonds is 2. The Bertz CT molecular complexity index is 459. The average molecular weight is 224 g/mol. The molecule has 3 N–H and O–H groups in total. The first kappa shape index (κ1) is 10.9. The lowest BCUT2D eigenvalue weighted by Gasteiger charge is -2.17. The third-order valence-corrected chi connectivity index (χ3v) is 2.89. The minimum absolute atomic E-state index is 0.122. The number of H-pyrrole nitrogens is 1. The first-order valence-corrected chi connectivity index (χ1v) is 5.46. The number of hydrogen-bond acceptors (Lipinski definition) is 4. The van der Waals surface area contributed by atoms with Gasteiger partial charge >= 0.3 is 5.69 Å². The standard InChI is InChI=1S/C10H16N4O2/c1-2-14-9(15)5-8(12-10(14)16)13-4-3-7(11)6-13/h5,7H,2-4,6,11H2,1H3,(H,12,16). The third kappa shape index (κ3) is 1.88. The zero-order chi connectivity index (χ0) is 11.7. The SMILES string of the molecule is CCn1c(=O)cc(N2CCC(N)C2)[nH]c1=O. The van der Waals surface area contributed by atoms with Gasteiger partial charge in [0.2, 0.25) is 0 Å². The second-order valence-corrected chi connectivity index (χ2v) is 4.04. The van der Waals surface area contributed by atoms with Crippen LogP contribution in [0.3, 0.4) is 0 Å². The quantitative estimate of drug-likeness (QED) is 0.681. The van der Waals surface area contributed by atoms with Crippen LogP contribution in [0.1, 0.15) is 13.3 Å². The lowest BCUT2D eigenvalue weighted by molar-refractivity contribution is 0.668. The molecule has 1 aromatic heterocycles. The van der Waals surface area contributed by atoms with Crippen molar-refractivity contribution in [1.82, 2.24) is 9.55 Å². The zero-order valence-electron chi connectivity index (χ0n) is 9.27. The monoisotopic (exact) mass is 224 g/mol. The number of anilines is 1. The van der Waals surface area contributed by atoms with E-state index in [1.807, 2.05) is 4.90 Å². The van der Waals surface area contributed by atoms with Crippen LogP contribution >= 0.6 is 0 Å². The molecule has 2 rings (SSSR count). The Morgan fingerprint density at radius 3 is 2.81 bits per heavy atom. The largest absolute Gasteiger partial charge is 0.356 e. The highest BCUT2D eigenvalue weighted by molar-refractivity contribution is 5.38. The number of hydrogen-bond donors (Lipinski definition) is 2. The van der Waals surface area contributed by atoms with E-state index in [1.54, 1.807) is 6.92 Å². The van der Waals surface area contributed by atoms with Gasteiger partial charge in [-0.05, 0) is 13.3 Å². The Balaban J connectivity index is 2.37. The van der Waals surface area contributed by atoms with Crippen LogP contribution in [0.15, 0.2) is 15.7 Å². The zero-order valence-corrected chi connectivity index (χ0v) is 9.27. The lowest BCUT2D eigenvalue weighted by Crippen LogP contribution is -2.37. The minimum Gasteiger partial charge on any atom is -0.356 e. The van der Waals surface area contributed by atoms with Gasteiger partial charge in [-0.3, -0.25) is 14.3 Å². The summed E-state index contributed by atoms with van der Waals surface area (Å²) in [5.74, 6) is 0.577. The Labute approximate surface area is 92.7 Å². The van der Waals surface area contributed by atoms with Crippen LogP contribution in [-0.2, 0) is 6.54 Å². The molecule has 1 unspecified atom stereocenters. The van der Waals surface area contributed by atoms with Crippen LogP contribution in [0, 0.1) is 0 Å². The predicted molar refractivity (Wildman–Crippen MR) is 61.8 cm³/mol. The highest BCUT2D eigenvalue weighted by Crippen LogP contribution is 2.13. The fourth-order valence-electron chi connectivity index (χ4n) is 1.98. The van der Waals surface area contributed by atoms with Crippen molar-refractivity contribution < 1.29 is 0 Å². The summed E-state index contributed by atoms with van der Waals surface area (Å²) in [6, 6.07) is 1.58. The number of nitrogens with two attached hydrogens (primary N) is 1. The molecular weight excluding hydrogens is 208 g/mol. The fraction of sp³-hybridized carbons (Fsp3) is 0.600. The second-order valence-electron chi connectivity index (χ2n) is 4.04. The van der Waals surface area contributed by atoms with Crippen molar-refractivity contribution in [2.45, 2.75) is 25.9 Å². The molecule has 1 aromatic rings. The number of nitrogens with one attached hydrogen (secondary N) is 1. The highest BCUT2D eigenvalue weighted by Gasteiger charge is 2.20. The molecule has 1 saturated heterocycles. The third-order valence-electron chi connectivity index (χ3n) is 2.89. The van der Waals surface area contributed by atoms with Gasteiger partial charge in [0.1, 0.15) is 5.82 Å². The molecule has 6 nitrogen and oxygen atoms in total. The van der Waals surface area contributed by atoms with E-state index >= 15 is 0 Å². The fourth-order valence-corrected chi connectivity index (χ4v) is 1.98. The van der Waals surface area contributed by atoms with E-state index in [2.05, 4.69) is 4.98 Å². The summed E-state index contributed by atoms with van der Waals surface area (Å²) in [4.78, 5) is 27.8. The summed E-state index contributed by atoms with van der Waals surface area (Å²) in [6.07, 6.45) is 0.888. The van der Waals surface area contributed by atoms with Crippen molar-refractivity contribution in [2.75, 3.05) is 18.0 Å². The van der Waals surface area contributed by atoms with Crippen LogP contribution in [0.25, 0.3) is 0 Å². The molecule has 1 atom stereocenters. The number of nitrogens with zero attached hydrogens (tertiary/aromatic N) is 2. The van der Waals surface area contributed by atoms with Gasteiger partial charge in [0.05, 0.1) is 0 Å². The molecule has 88 valence electrons. The van der Waals surface area contributed by atoms with Crippen LogP contribution in [0.4, 0.5) is 5.82 Å². The van der Waals surface area contributed by atoms with Gasteiger partial charge in [-0.25, -0.2) is 4.79 Å². The first-order chi connectivity index (χ1) is 7.61. The van der Waals surface area contributed by atoms with Crippen molar-refractivity contribution in [3.63, 3.8) is 0 Å². The summed E-state index contributed by atoms with van der Waals surface area (Å²) in [6.45, 7) is 3.62. The van der Waals surface area contributed by atoms with Crippen molar-refractivity contribution in [1.29, 1.82) is 0 Å². The molecular formula is C10H16N4O2. The molecule has 0 radical (unpaired) electrons.